The topological polar surface area (TPSA) is 49.8 Å². The van der Waals surface area contributed by atoms with E-state index in [2.05, 4.69) is 20.6 Å². The van der Waals surface area contributed by atoms with Gasteiger partial charge < -0.3 is 10.6 Å². The SMILES string of the molecule is Cc1cc(NC(C)C)nc(Nc2c(F)cccc2F)n1. The molecular weight excluding hydrogens is 262 g/mol. The summed E-state index contributed by atoms with van der Waals surface area (Å²) in [5, 5.41) is 5.71. The minimum atomic E-state index is -0.687. The molecule has 0 unspecified atom stereocenters. The molecule has 1 aromatic heterocycles. The van der Waals surface area contributed by atoms with Gasteiger partial charge in [0, 0.05) is 17.8 Å². The van der Waals surface area contributed by atoms with Gasteiger partial charge in [-0.05, 0) is 32.9 Å². The molecule has 0 spiro atoms. The predicted molar refractivity (Wildman–Crippen MR) is 75.2 cm³/mol. The maximum Gasteiger partial charge on any atom is 0.229 e. The van der Waals surface area contributed by atoms with Crippen molar-refractivity contribution in [3.8, 4) is 0 Å². The molecule has 0 atom stereocenters. The number of halogens is 2. The van der Waals surface area contributed by atoms with Crippen molar-refractivity contribution in [3.63, 3.8) is 0 Å². The van der Waals surface area contributed by atoms with Crippen LogP contribution in [0.4, 0.5) is 26.2 Å². The fourth-order valence-corrected chi connectivity index (χ4v) is 1.72. The number of aromatic nitrogens is 2. The lowest BCUT2D eigenvalue weighted by molar-refractivity contribution is 0.590. The Bertz CT molecular complexity index is 594. The van der Waals surface area contributed by atoms with Crippen LogP contribution in [0, 0.1) is 18.6 Å². The highest BCUT2D eigenvalue weighted by molar-refractivity contribution is 5.56. The van der Waals surface area contributed by atoms with Crippen molar-refractivity contribution in [1.82, 2.24) is 9.97 Å². The first-order chi connectivity index (χ1) is 9.45. The van der Waals surface area contributed by atoms with E-state index in [0.717, 1.165) is 0 Å². The summed E-state index contributed by atoms with van der Waals surface area (Å²) in [5.74, 6) is -0.620. The van der Waals surface area contributed by atoms with E-state index < -0.39 is 11.6 Å². The Morgan fingerprint density at radius 2 is 1.75 bits per heavy atom. The molecule has 20 heavy (non-hydrogen) atoms. The first-order valence-corrected chi connectivity index (χ1v) is 6.29. The highest BCUT2D eigenvalue weighted by Gasteiger charge is 2.11. The molecule has 2 N–H and O–H groups in total. The molecule has 1 aromatic carbocycles. The molecule has 2 rings (SSSR count). The molecule has 0 radical (unpaired) electrons. The van der Waals surface area contributed by atoms with Gasteiger partial charge in [-0.25, -0.2) is 13.8 Å². The lowest BCUT2D eigenvalue weighted by Crippen LogP contribution is -2.12. The monoisotopic (exact) mass is 278 g/mol. The molecule has 0 bridgehead atoms. The maximum atomic E-state index is 13.6. The molecule has 106 valence electrons. The van der Waals surface area contributed by atoms with Crippen molar-refractivity contribution in [2.24, 2.45) is 0 Å². The molecule has 0 fully saturated rings. The van der Waals surface area contributed by atoms with Gasteiger partial charge in [0.2, 0.25) is 5.95 Å². The van der Waals surface area contributed by atoms with Crippen molar-refractivity contribution < 1.29 is 8.78 Å². The molecule has 0 saturated heterocycles. The van der Waals surface area contributed by atoms with E-state index in [0.29, 0.717) is 11.5 Å². The Balaban J connectivity index is 2.31. The summed E-state index contributed by atoms with van der Waals surface area (Å²) in [6, 6.07) is 5.62. The van der Waals surface area contributed by atoms with Crippen LogP contribution in [0.5, 0.6) is 0 Å². The molecule has 4 nitrogen and oxygen atoms in total. The van der Waals surface area contributed by atoms with E-state index in [1.165, 1.54) is 18.2 Å². The van der Waals surface area contributed by atoms with Crippen molar-refractivity contribution >= 4 is 17.5 Å². The third-order valence-electron chi connectivity index (χ3n) is 2.49. The Morgan fingerprint density at radius 3 is 2.35 bits per heavy atom. The summed E-state index contributed by atoms with van der Waals surface area (Å²) in [6.45, 7) is 5.73. The quantitative estimate of drug-likeness (QED) is 0.896. The number of hydrogen-bond acceptors (Lipinski definition) is 4. The van der Waals surface area contributed by atoms with Crippen LogP contribution in [0.15, 0.2) is 24.3 Å². The highest BCUT2D eigenvalue weighted by Crippen LogP contribution is 2.22. The van der Waals surface area contributed by atoms with E-state index in [4.69, 9.17) is 0 Å². The summed E-state index contributed by atoms with van der Waals surface area (Å²) in [5.41, 5.74) is 0.441. The third kappa shape index (κ3) is 3.40. The lowest BCUT2D eigenvalue weighted by Gasteiger charge is -2.12. The van der Waals surface area contributed by atoms with E-state index in [1.54, 1.807) is 13.0 Å². The normalized spacial score (nSPS) is 10.7. The van der Waals surface area contributed by atoms with Gasteiger partial charge in [-0.3, -0.25) is 0 Å². The van der Waals surface area contributed by atoms with Gasteiger partial charge in [0.05, 0.1) is 0 Å². The zero-order valence-electron chi connectivity index (χ0n) is 11.5. The van der Waals surface area contributed by atoms with E-state index in [1.807, 2.05) is 13.8 Å². The van der Waals surface area contributed by atoms with Gasteiger partial charge >= 0.3 is 0 Å². The average Bonchev–Trinajstić information content (AvgIpc) is 2.32. The first kappa shape index (κ1) is 14.2. The number of nitrogens with one attached hydrogen (secondary N) is 2. The van der Waals surface area contributed by atoms with Crippen molar-refractivity contribution in [3.05, 3.63) is 41.6 Å². The van der Waals surface area contributed by atoms with Crippen molar-refractivity contribution in [2.75, 3.05) is 10.6 Å². The Morgan fingerprint density at radius 1 is 1.10 bits per heavy atom. The zero-order chi connectivity index (χ0) is 14.7. The Hall–Kier alpha value is -2.24. The number of aryl methyl sites for hydroxylation is 1. The van der Waals surface area contributed by atoms with Crippen LogP contribution < -0.4 is 10.6 Å². The Kier molecular flexibility index (Phi) is 4.12. The van der Waals surface area contributed by atoms with Crippen LogP contribution in [0.3, 0.4) is 0 Å². The first-order valence-electron chi connectivity index (χ1n) is 6.29. The summed E-state index contributed by atoms with van der Waals surface area (Å²) in [7, 11) is 0. The van der Waals surface area contributed by atoms with Crippen LogP contribution >= 0.6 is 0 Å². The van der Waals surface area contributed by atoms with E-state index in [-0.39, 0.29) is 17.7 Å². The number of anilines is 3. The van der Waals surface area contributed by atoms with Crippen LogP contribution in [-0.2, 0) is 0 Å². The van der Waals surface area contributed by atoms with Crippen molar-refractivity contribution in [1.29, 1.82) is 0 Å². The van der Waals surface area contributed by atoms with Gasteiger partial charge in [-0.1, -0.05) is 6.07 Å². The second-order valence-electron chi connectivity index (χ2n) is 4.74. The number of benzene rings is 1. The molecular formula is C14H16F2N4. The molecule has 6 heteroatoms. The highest BCUT2D eigenvalue weighted by atomic mass is 19.1. The third-order valence-corrected chi connectivity index (χ3v) is 2.49. The minimum absolute atomic E-state index is 0.150. The van der Waals surface area contributed by atoms with Gasteiger partial charge in [-0.2, -0.15) is 4.98 Å². The van der Waals surface area contributed by atoms with E-state index >= 15 is 0 Å². The van der Waals surface area contributed by atoms with Crippen LogP contribution in [0.1, 0.15) is 19.5 Å². The number of rotatable bonds is 4. The summed E-state index contributed by atoms with van der Waals surface area (Å²) in [4.78, 5) is 8.31. The van der Waals surface area contributed by atoms with E-state index in [9.17, 15) is 8.78 Å². The summed E-state index contributed by atoms with van der Waals surface area (Å²) < 4.78 is 27.1. The fraction of sp³-hybridized carbons (Fsp3) is 0.286. The second-order valence-corrected chi connectivity index (χ2v) is 4.74. The fourth-order valence-electron chi connectivity index (χ4n) is 1.72. The molecule has 0 aliphatic carbocycles. The number of para-hydroxylation sites is 1. The van der Waals surface area contributed by atoms with Crippen molar-refractivity contribution in [2.45, 2.75) is 26.8 Å². The van der Waals surface area contributed by atoms with Gasteiger partial charge in [0.1, 0.15) is 23.1 Å². The average molecular weight is 278 g/mol. The zero-order valence-corrected chi connectivity index (χ0v) is 11.5. The number of hydrogen-bond donors (Lipinski definition) is 2. The molecule has 0 aliphatic heterocycles. The predicted octanol–water partition coefficient (Wildman–Crippen LogP) is 3.63. The lowest BCUT2D eigenvalue weighted by atomic mass is 10.3. The van der Waals surface area contributed by atoms with Gasteiger partial charge in [0.15, 0.2) is 0 Å². The molecule has 0 aliphatic rings. The smallest absolute Gasteiger partial charge is 0.229 e. The molecule has 0 amide bonds. The maximum absolute atomic E-state index is 13.6. The van der Waals surface area contributed by atoms with Gasteiger partial charge in [-0.15, -0.1) is 0 Å². The second kappa shape index (κ2) is 5.81. The standard InChI is InChI=1S/C14H16F2N4/c1-8(2)17-12-7-9(3)18-14(19-12)20-13-10(15)5-4-6-11(13)16/h4-8H,1-3H3,(H2,17,18,19,20). The molecule has 0 saturated carbocycles. The van der Waals surface area contributed by atoms with Crippen LogP contribution in [-0.4, -0.2) is 16.0 Å². The largest absolute Gasteiger partial charge is 0.368 e. The van der Waals surface area contributed by atoms with Crippen LogP contribution in [0.25, 0.3) is 0 Å². The van der Waals surface area contributed by atoms with Crippen LogP contribution in [0.2, 0.25) is 0 Å². The molecule has 2 aromatic rings. The van der Waals surface area contributed by atoms with Gasteiger partial charge in [0.25, 0.3) is 0 Å². The summed E-state index contributed by atoms with van der Waals surface area (Å²) in [6.07, 6.45) is 0. The minimum Gasteiger partial charge on any atom is -0.368 e. The Labute approximate surface area is 116 Å². The number of nitrogens with zero attached hydrogens (tertiary/aromatic N) is 2. The summed E-state index contributed by atoms with van der Waals surface area (Å²) >= 11 is 0. The molecule has 1 heterocycles.